The van der Waals surface area contributed by atoms with Gasteiger partial charge in [0, 0.05) is 6.42 Å². The van der Waals surface area contributed by atoms with Crippen LogP contribution in [0.25, 0.3) is 0 Å². The van der Waals surface area contributed by atoms with Crippen LogP contribution >= 0.6 is 0 Å². The van der Waals surface area contributed by atoms with Gasteiger partial charge in [-0.15, -0.1) is 0 Å². The molecule has 0 aromatic rings. The van der Waals surface area contributed by atoms with Crippen molar-refractivity contribution in [2.45, 2.75) is 219 Å². The number of nitrogens with two attached hydrogens (primary N) is 3. The summed E-state index contributed by atoms with van der Waals surface area (Å²) in [6.07, 6.45) is 33.7. The number of hydrogen-bond donors (Lipinski definition) is 5. The number of esters is 2. The first-order valence-corrected chi connectivity index (χ1v) is 23.0. The number of rotatable bonds is 43. The molecule has 0 saturated carbocycles. The van der Waals surface area contributed by atoms with Crippen molar-refractivity contribution in [1.29, 1.82) is 0 Å². The summed E-state index contributed by atoms with van der Waals surface area (Å²) in [6, 6.07) is -1.28. The van der Waals surface area contributed by atoms with Crippen LogP contribution in [0.5, 0.6) is 0 Å². The number of unbranched alkanes of at least 4 members (excludes halogenated alkanes) is 22. The minimum atomic E-state index is -0.676. The van der Waals surface area contributed by atoms with E-state index < -0.39 is 29.9 Å². The molecular weight excluding hydrogens is 677 g/mol. The molecule has 10 heteroatoms. The third kappa shape index (κ3) is 33.7. The molecule has 0 bridgehead atoms. The van der Waals surface area contributed by atoms with Crippen molar-refractivity contribution in [1.82, 2.24) is 15.5 Å². The van der Waals surface area contributed by atoms with Gasteiger partial charge < -0.3 is 32.6 Å². The summed E-state index contributed by atoms with van der Waals surface area (Å²) < 4.78 is 5.64. The van der Waals surface area contributed by atoms with Gasteiger partial charge in [0.05, 0.1) is 0 Å². The Balaban J connectivity index is 5.28. The van der Waals surface area contributed by atoms with Gasteiger partial charge in [-0.3, -0.25) is 9.69 Å². The maximum absolute atomic E-state index is 13.8. The fourth-order valence-electron chi connectivity index (χ4n) is 7.17. The van der Waals surface area contributed by atoms with Crippen LogP contribution < -0.4 is 27.8 Å². The Hall–Kier alpha value is -1.59. The number of nitrogens with zero attached hydrogens (tertiary/aromatic N) is 1. The average molecular weight is 767 g/mol. The molecule has 0 aliphatic heterocycles. The van der Waals surface area contributed by atoms with Crippen molar-refractivity contribution in [2.75, 3.05) is 45.8 Å². The van der Waals surface area contributed by atoms with Gasteiger partial charge >= 0.3 is 11.9 Å². The molecule has 0 aromatic heterocycles. The second-order valence-corrected chi connectivity index (χ2v) is 15.8. The van der Waals surface area contributed by atoms with Crippen LogP contribution in [-0.4, -0.2) is 80.6 Å². The van der Waals surface area contributed by atoms with Gasteiger partial charge in [0.2, 0.25) is 5.91 Å². The molecule has 320 valence electrons. The molecule has 0 aliphatic carbocycles. The van der Waals surface area contributed by atoms with E-state index in [-0.39, 0.29) is 12.8 Å². The molecule has 0 heterocycles. The van der Waals surface area contributed by atoms with Crippen LogP contribution in [0.1, 0.15) is 206 Å². The molecule has 0 fully saturated rings. The number of primary amides is 1. The average Bonchev–Trinajstić information content (AvgIpc) is 3.15. The molecule has 0 aliphatic rings. The van der Waals surface area contributed by atoms with Crippen molar-refractivity contribution in [3.63, 3.8) is 0 Å². The zero-order valence-corrected chi connectivity index (χ0v) is 35.6. The Morgan fingerprint density at radius 1 is 0.519 bits per heavy atom. The largest absolute Gasteiger partial charge is 0.391 e. The highest BCUT2D eigenvalue weighted by molar-refractivity contribution is 5.91. The highest BCUT2D eigenvalue weighted by Crippen LogP contribution is 2.18. The fourth-order valence-corrected chi connectivity index (χ4v) is 7.17. The molecular formula is C44H90N6O4. The zero-order valence-electron chi connectivity index (χ0n) is 35.6. The van der Waals surface area contributed by atoms with E-state index in [4.69, 9.17) is 21.9 Å². The highest BCUT2D eigenvalue weighted by atomic mass is 16.6. The summed E-state index contributed by atoms with van der Waals surface area (Å²) in [5.74, 6) is -1.57. The van der Waals surface area contributed by atoms with Crippen LogP contribution in [0.2, 0.25) is 0 Å². The number of hydrogen-bond acceptors (Lipinski definition) is 9. The van der Waals surface area contributed by atoms with E-state index in [2.05, 4.69) is 29.4 Å². The van der Waals surface area contributed by atoms with Crippen molar-refractivity contribution in [3.8, 4) is 0 Å². The molecule has 0 aromatic carbocycles. The smallest absolute Gasteiger partial charge is 0.331 e. The quantitative estimate of drug-likeness (QED) is 0.0233. The summed E-state index contributed by atoms with van der Waals surface area (Å²) in [7, 11) is 0. The van der Waals surface area contributed by atoms with Crippen LogP contribution in [-0.2, 0) is 19.1 Å². The molecule has 0 spiro atoms. The number of carbonyl (C=O) groups excluding carboxylic acids is 3. The predicted octanol–water partition coefficient (Wildman–Crippen LogP) is 8.42. The third-order valence-electron chi connectivity index (χ3n) is 10.6. The molecule has 0 radical (unpaired) electrons. The predicted molar refractivity (Wildman–Crippen MR) is 228 cm³/mol. The van der Waals surface area contributed by atoms with Gasteiger partial charge in [-0.05, 0) is 90.8 Å². The minimum absolute atomic E-state index is 0.0774. The van der Waals surface area contributed by atoms with E-state index in [0.29, 0.717) is 26.1 Å². The summed E-state index contributed by atoms with van der Waals surface area (Å²) in [5.41, 5.74) is 16.9. The maximum Gasteiger partial charge on any atom is 0.331 e. The van der Waals surface area contributed by atoms with Crippen molar-refractivity contribution in [3.05, 3.63) is 0 Å². The molecule has 0 unspecified atom stereocenters. The van der Waals surface area contributed by atoms with Gasteiger partial charge in [0.1, 0.15) is 12.1 Å². The second kappa shape index (κ2) is 41.1. The topological polar surface area (TPSA) is 166 Å². The summed E-state index contributed by atoms with van der Waals surface area (Å²) in [5, 5.41) is 6.61. The summed E-state index contributed by atoms with van der Waals surface area (Å²) in [6.45, 7) is 9.32. The van der Waals surface area contributed by atoms with Gasteiger partial charge in [0.15, 0.2) is 0 Å². The van der Waals surface area contributed by atoms with E-state index in [0.717, 1.165) is 71.1 Å². The van der Waals surface area contributed by atoms with Crippen LogP contribution in [0.15, 0.2) is 0 Å². The number of amides is 1. The number of nitrogens with one attached hydrogen (secondary N) is 2. The molecule has 0 saturated heterocycles. The van der Waals surface area contributed by atoms with Crippen LogP contribution in [0.3, 0.4) is 0 Å². The van der Waals surface area contributed by atoms with Gasteiger partial charge in [-0.2, -0.15) is 0 Å². The highest BCUT2D eigenvalue weighted by Gasteiger charge is 2.31. The van der Waals surface area contributed by atoms with E-state index >= 15 is 0 Å². The molecule has 54 heavy (non-hydrogen) atoms. The van der Waals surface area contributed by atoms with E-state index in [1.54, 1.807) is 0 Å². The lowest BCUT2D eigenvalue weighted by Gasteiger charge is -2.30. The van der Waals surface area contributed by atoms with Gasteiger partial charge in [-0.1, -0.05) is 155 Å². The fraction of sp³-hybridized carbons (Fsp3) is 0.932. The van der Waals surface area contributed by atoms with E-state index in [1.165, 1.54) is 128 Å². The third-order valence-corrected chi connectivity index (χ3v) is 10.6. The van der Waals surface area contributed by atoms with Crippen LogP contribution in [0.4, 0.5) is 0 Å². The van der Waals surface area contributed by atoms with E-state index in [1.807, 2.05) is 0 Å². The molecule has 2 atom stereocenters. The Bertz CT molecular complexity index is 820. The first-order valence-electron chi connectivity index (χ1n) is 23.0. The van der Waals surface area contributed by atoms with Gasteiger partial charge in [0.25, 0.3) is 0 Å². The van der Waals surface area contributed by atoms with Crippen molar-refractivity contribution in [2.24, 2.45) is 17.2 Å². The Labute approximate surface area is 333 Å². The lowest BCUT2D eigenvalue weighted by Crippen LogP contribution is -2.47. The first-order chi connectivity index (χ1) is 26.4. The Morgan fingerprint density at radius 3 is 1.35 bits per heavy atom. The number of ether oxygens (including phenoxy) is 1. The first kappa shape index (κ1) is 52.4. The molecule has 0 rings (SSSR count). The SMILES string of the molecule is CCCCCCCCCCCCCCN(CCCCCCCCCCCCCC)[C@@H](CCC(N)=O)C(=O)OC(=O)[C@H](CCCNCCCN)NCCCN. The summed E-state index contributed by atoms with van der Waals surface area (Å²) in [4.78, 5) is 41.4. The van der Waals surface area contributed by atoms with Gasteiger partial charge in [-0.25, -0.2) is 9.59 Å². The lowest BCUT2D eigenvalue weighted by molar-refractivity contribution is -0.165. The van der Waals surface area contributed by atoms with Crippen molar-refractivity contribution >= 4 is 17.8 Å². The monoisotopic (exact) mass is 767 g/mol. The summed E-state index contributed by atoms with van der Waals surface area (Å²) >= 11 is 0. The normalized spacial score (nSPS) is 12.7. The second-order valence-electron chi connectivity index (χ2n) is 15.8. The standard InChI is InChI=1S/C44H90N6O4/c1-3-5-7-9-11-13-15-17-19-21-23-25-38-50(39-26-24-22-20-18-16-14-12-10-8-6-4-2)41(31-32-42(47)51)44(53)54-43(52)40(49-37-29-34-46)30-27-35-48-36-28-33-45/h40-41,48-49H,3-39,45-46H2,1-2H3,(H2,47,51)/t40-,41-/m0/s1. The Morgan fingerprint density at radius 2 is 0.926 bits per heavy atom. The minimum Gasteiger partial charge on any atom is -0.391 e. The number of carbonyl (C=O) groups is 3. The van der Waals surface area contributed by atoms with Crippen molar-refractivity contribution < 1.29 is 19.1 Å². The van der Waals surface area contributed by atoms with E-state index in [9.17, 15) is 14.4 Å². The lowest BCUT2D eigenvalue weighted by atomic mass is 10.0. The Kier molecular flexibility index (Phi) is 39.8. The zero-order chi connectivity index (χ0) is 39.7. The van der Waals surface area contributed by atoms with Crippen LogP contribution in [0, 0.1) is 0 Å². The maximum atomic E-state index is 13.8. The molecule has 10 nitrogen and oxygen atoms in total. The molecule has 1 amide bonds. The molecule has 8 N–H and O–H groups in total.